The lowest BCUT2D eigenvalue weighted by Crippen LogP contribution is -2.04. The first-order valence-electron chi connectivity index (χ1n) is 2.88. The molecule has 0 unspecified atom stereocenters. The molecule has 50 valence electrons. The van der Waals surface area contributed by atoms with Crippen LogP contribution in [0.5, 0.6) is 0 Å². The number of rotatable bonds is 2. The minimum atomic E-state index is 0.583. The van der Waals surface area contributed by atoms with Crippen molar-refractivity contribution in [1.82, 2.24) is 0 Å². The van der Waals surface area contributed by atoms with Crippen molar-refractivity contribution in [1.29, 1.82) is 0 Å². The third kappa shape index (κ3) is 1.76. The van der Waals surface area contributed by atoms with Gasteiger partial charge in [-0.05, 0) is 0 Å². The molecule has 0 saturated heterocycles. The molecule has 3 nitrogen and oxygen atoms in total. The first-order chi connectivity index (χ1) is 4.29. The molecule has 0 aromatic heterocycles. The van der Waals surface area contributed by atoms with Crippen LogP contribution in [0.1, 0.15) is 6.42 Å². The Labute approximate surface area is 54.2 Å². The minimum Gasteiger partial charge on any atom is -0.479 e. The maximum absolute atomic E-state index is 5.32. The van der Waals surface area contributed by atoms with Gasteiger partial charge in [-0.2, -0.15) is 0 Å². The summed E-state index contributed by atoms with van der Waals surface area (Å²) >= 11 is 0. The van der Waals surface area contributed by atoms with Gasteiger partial charge in [-0.1, -0.05) is 6.58 Å². The van der Waals surface area contributed by atoms with E-state index in [9.17, 15) is 0 Å². The normalized spacial score (nSPS) is 16.7. The second-order valence-electron chi connectivity index (χ2n) is 1.96. The Kier molecular flexibility index (Phi) is 1.72. The number of nitrogens with two attached hydrogens (primary N) is 1. The van der Waals surface area contributed by atoms with Crippen molar-refractivity contribution in [2.45, 2.75) is 6.42 Å². The minimum absolute atomic E-state index is 0.583. The molecule has 1 aliphatic rings. The Morgan fingerprint density at radius 1 is 1.89 bits per heavy atom. The third-order valence-electron chi connectivity index (χ3n) is 1.03. The number of hydrogen-bond acceptors (Lipinski definition) is 3. The second kappa shape index (κ2) is 2.53. The summed E-state index contributed by atoms with van der Waals surface area (Å²) in [6.45, 7) is 5.00. The van der Waals surface area contributed by atoms with Gasteiger partial charge in [0, 0.05) is 5.70 Å². The van der Waals surface area contributed by atoms with Crippen LogP contribution in [0, 0.1) is 0 Å². The first-order valence-corrected chi connectivity index (χ1v) is 2.88. The van der Waals surface area contributed by atoms with Crippen LogP contribution in [0.25, 0.3) is 0 Å². The monoisotopic (exact) mass is 126 g/mol. The second-order valence-corrected chi connectivity index (χ2v) is 1.96. The summed E-state index contributed by atoms with van der Waals surface area (Å²) in [6.07, 6.45) is 0.583. The molecule has 3 heteroatoms. The Morgan fingerprint density at radius 3 is 3.11 bits per heavy atom. The van der Waals surface area contributed by atoms with Gasteiger partial charge < -0.3 is 10.5 Å². The maximum atomic E-state index is 5.32. The van der Waals surface area contributed by atoms with Crippen LogP contribution < -0.4 is 5.73 Å². The summed E-state index contributed by atoms with van der Waals surface area (Å²) in [5, 5.41) is 0. The van der Waals surface area contributed by atoms with E-state index in [1.54, 1.807) is 0 Å². The molecule has 0 aliphatic carbocycles. The van der Waals surface area contributed by atoms with E-state index in [1.807, 2.05) is 0 Å². The number of aliphatic imine (C=N–C) groups is 1. The molecule has 0 saturated carbocycles. The predicted octanol–water partition coefficient (Wildman–Crippen LogP) is 0.278. The van der Waals surface area contributed by atoms with Crippen LogP contribution in [0.4, 0.5) is 0 Å². The van der Waals surface area contributed by atoms with Crippen LogP contribution in [0.15, 0.2) is 17.3 Å². The first kappa shape index (κ1) is 6.13. The van der Waals surface area contributed by atoms with Gasteiger partial charge >= 0.3 is 0 Å². The van der Waals surface area contributed by atoms with Crippen molar-refractivity contribution in [2.75, 3.05) is 13.2 Å². The molecule has 1 aliphatic heterocycles. The lowest BCUT2D eigenvalue weighted by Gasteiger charge is -1.98. The van der Waals surface area contributed by atoms with E-state index in [2.05, 4.69) is 11.6 Å². The molecule has 0 amide bonds. The van der Waals surface area contributed by atoms with Crippen LogP contribution in [-0.2, 0) is 4.74 Å². The molecule has 0 fully saturated rings. The summed E-state index contributed by atoms with van der Waals surface area (Å²) in [6, 6.07) is 0. The molecule has 0 spiro atoms. The number of ether oxygens (including phenoxy) is 1. The van der Waals surface area contributed by atoms with E-state index in [1.165, 1.54) is 0 Å². The molecular weight excluding hydrogens is 116 g/mol. The van der Waals surface area contributed by atoms with Crippen LogP contribution >= 0.6 is 0 Å². The van der Waals surface area contributed by atoms with Gasteiger partial charge in [0.15, 0.2) is 5.90 Å². The van der Waals surface area contributed by atoms with Crippen molar-refractivity contribution in [2.24, 2.45) is 10.7 Å². The van der Waals surface area contributed by atoms with Gasteiger partial charge in [0.1, 0.15) is 6.61 Å². The molecule has 1 heterocycles. The molecule has 0 radical (unpaired) electrons. The van der Waals surface area contributed by atoms with Gasteiger partial charge in [0.25, 0.3) is 0 Å². The van der Waals surface area contributed by atoms with Gasteiger partial charge in [0.2, 0.25) is 0 Å². The van der Waals surface area contributed by atoms with Gasteiger partial charge in [-0.25, -0.2) is 0 Å². The molecular formula is C6H10N2O. The van der Waals surface area contributed by atoms with Crippen molar-refractivity contribution < 1.29 is 4.74 Å². The summed E-state index contributed by atoms with van der Waals surface area (Å²) in [7, 11) is 0. The highest BCUT2D eigenvalue weighted by Crippen LogP contribution is 2.00. The summed E-state index contributed by atoms with van der Waals surface area (Å²) in [4.78, 5) is 4.03. The molecule has 2 N–H and O–H groups in total. The third-order valence-corrected chi connectivity index (χ3v) is 1.03. The fraction of sp³-hybridized carbons (Fsp3) is 0.500. The zero-order valence-corrected chi connectivity index (χ0v) is 5.26. The average molecular weight is 126 g/mol. The Morgan fingerprint density at radius 2 is 2.67 bits per heavy atom. The average Bonchev–Trinajstić information content (AvgIpc) is 2.15. The van der Waals surface area contributed by atoms with Gasteiger partial charge in [0.05, 0.1) is 13.0 Å². The van der Waals surface area contributed by atoms with Crippen LogP contribution in [0.2, 0.25) is 0 Å². The predicted molar refractivity (Wildman–Crippen MR) is 36.2 cm³/mol. The van der Waals surface area contributed by atoms with Crippen LogP contribution in [0.3, 0.4) is 0 Å². The van der Waals surface area contributed by atoms with E-state index in [0.29, 0.717) is 18.7 Å². The fourth-order valence-corrected chi connectivity index (χ4v) is 0.681. The largest absolute Gasteiger partial charge is 0.479 e. The molecule has 0 bridgehead atoms. The molecule has 0 aromatic carbocycles. The zero-order valence-electron chi connectivity index (χ0n) is 5.26. The Bertz CT molecular complexity index is 151. The summed E-state index contributed by atoms with van der Waals surface area (Å²) < 4.78 is 5.07. The SMILES string of the molecule is C=C(N)CC1=NCCO1. The Balaban J connectivity index is 2.35. The lowest BCUT2D eigenvalue weighted by molar-refractivity contribution is 0.340. The molecule has 1 rings (SSSR count). The molecule has 0 aromatic rings. The van der Waals surface area contributed by atoms with Crippen molar-refractivity contribution >= 4 is 5.90 Å². The highest BCUT2D eigenvalue weighted by atomic mass is 16.5. The molecule has 9 heavy (non-hydrogen) atoms. The van der Waals surface area contributed by atoms with E-state index in [4.69, 9.17) is 10.5 Å². The summed E-state index contributed by atoms with van der Waals surface area (Å²) in [5.74, 6) is 0.725. The zero-order chi connectivity index (χ0) is 6.69. The smallest absolute Gasteiger partial charge is 0.189 e. The molecule has 0 atom stereocenters. The fourth-order valence-electron chi connectivity index (χ4n) is 0.681. The quantitative estimate of drug-likeness (QED) is 0.577. The van der Waals surface area contributed by atoms with E-state index < -0.39 is 0 Å². The Hall–Kier alpha value is -0.990. The van der Waals surface area contributed by atoms with Crippen LogP contribution in [-0.4, -0.2) is 19.0 Å². The topological polar surface area (TPSA) is 47.6 Å². The number of nitrogens with zero attached hydrogens (tertiary/aromatic N) is 1. The summed E-state index contributed by atoms with van der Waals surface area (Å²) in [5.41, 5.74) is 5.92. The highest BCUT2D eigenvalue weighted by molar-refractivity contribution is 5.79. The van der Waals surface area contributed by atoms with E-state index >= 15 is 0 Å². The highest BCUT2D eigenvalue weighted by Gasteiger charge is 2.05. The maximum Gasteiger partial charge on any atom is 0.189 e. The van der Waals surface area contributed by atoms with E-state index in [0.717, 1.165) is 12.4 Å². The van der Waals surface area contributed by atoms with Crippen molar-refractivity contribution in [3.05, 3.63) is 12.3 Å². The lowest BCUT2D eigenvalue weighted by atomic mass is 10.3. The standard InChI is InChI=1S/C6H10N2O/c1-5(7)4-6-8-2-3-9-6/h1-4,7H2. The van der Waals surface area contributed by atoms with Crippen molar-refractivity contribution in [3.8, 4) is 0 Å². The van der Waals surface area contributed by atoms with Crippen molar-refractivity contribution in [3.63, 3.8) is 0 Å². The van der Waals surface area contributed by atoms with Gasteiger partial charge in [-0.15, -0.1) is 0 Å². The number of hydrogen-bond donors (Lipinski definition) is 1. The van der Waals surface area contributed by atoms with E-state index in [-0.39, 0.29) is 0 Å². The van der Waals surface area contributed by atoms with Gasteiger partial charge in [-0.3, -0.25) is 4.99 Å².